The number of nitrogens with zero attached hydrogens (tertiary/aromatic N) is 4. The van der Waals surface area contributed by atoms with E-state index in [2.05, 4.69) is 52.7 Å². The lowest BCUT2D eigenvalue weighted by Gasteiger charge is -2.08. The molecule has 0 amide bonds. The van der Waals surface area contributed by atoms with E-state index in [-0.39, 0.29) is 12.7 Å². The summed E-state index contributed by atoms with van der Waals surface area (Å²) in [6.07, 6.45) is 5.37. The first kappa shape index (κ1) is 32.0. The number of aliphatic hydroxyl groups excluding tert-OH is 2. The normalized spacial score (nSPS) is 13.7. The molecule has 6 nitrogen and oxygen atoms in total. The highest BCUT2D eigenvalue weighted by Gasteiger charge is 2.20. The first-order valence-corrected chi connectivity index (χ1v) is 17.2. The van der Waals surface area contributed by atoms with Crippen molar-refractivity contribution < 1.29 is 10.2 Å². The van der Waals surface area contributed by atoms with Gasteiger partial charge in [0.2, 0.25) is 0 Å². The summed E-state index contributed by atoms with van der Waals surface area (Å²) in [5.41, 5.74) is 13.5. The van der Waals surface area contributed by atoms with Gasteiger partial charge in [0.25, 0.3) is 0 Å². The second-order valence-corrected chi connectivity index (χ2v) is 13.3. The molecule has 8 heteroatoms. The summed E-state index contributed by atoms with van der Waals surface area (Å²) >= 11 is 11.9. The summed E-state index contributed by atoms with van der Waals surface area (Å²) in [6, 6.07) is 42.1. The van der Waals surface area contributed by atoms with E-state index in [0.29, 0.717) is 5.02 Å². The van der Waals surface area contributed by atoms with E-state index in [4.69, 9.17) is 23.2 Å². The van der Waals surface area contributed by atoms with Crippen LogP contribution in [0.3, 0.4) is 0 Å². The topological polar surface area (TPSA) is 75.1 Å². The van der Waals surface area contributed by atoms with Gasteiger partial charge in [-0.3, -0.25) is 0 Å². The second-order valence-electron chi connectivity index (χ2n) is 12.4. The quantitative estimate of drug-likeness (QED) is 0.188. The fourth-order valence-corrected chi connectivity index (χ4v) is 6.81. The van der Waals surface area contributed by atoms with Crippen molar-refractivity contribution >= 4 is 34.2 Å². The number of hydrogen-bond acceptors (Lipinski definition) is 4. The Morgan fingerprint density at radius 2 is 1.14 bits per heavy atom. The Labute approximate surface area is 299 Å². The molecule has 0 aliphatic heterocycles. The largest absolute Gasteiger partial charge is 0.392 e. The van der Waals surface area contributed by atoms with Crippen molar-refractivity contribution in [1.82, 2.24) is 19.2 Å². The summed E-state index contributed by atoms with van der Waals surface area (Å²) in [7, 11) is 0. The minimum Gasteiger partial charge on any atom is -0.392 e. The van der Waals surface area contributed by atoms with Gasteiger partial charge in [0.15, 0.2) is 0 Å². The van der Waals surface area contributed by atoms with Gasteiger partial charge in [-0.2, -0.15) is 10.2 Å². The van der Waals surface area contributed by atoms with Gasteiger partial charge in [0.05, 0.1) is 35.1 Å². The summed E-state index contributed by atoms with van der Waals surface area (Å²) < 4.78 is 3.74. The van der Waals surface area contributed by atoms with E-state index in [1.807, 2.05) is 106 Å². The number of aryl methyl sites for hydroxylation is 1. The van der Waals surface area contributed by atoms with Crippen LogP contribution in [0, 0.1) is 0 Å². The molecule has 9 rings (SSSR count). The number of aliphatic hydroxyl groups is 2. The maximum absolute atomic E-state index is 10.1. The smallest absolute Gasteiger partial charge is 0.0933 e. The molecule has 0 spiro atoms. The predicted octanol–water partition coefficient (Wildman–Crippen LogP) is 10.1. The first-order chi connectivity index (χ1) is 24.4. The molecule has 1 atom stereocenters. The molecule has 246 valence electrons. The van der Waals surface area contributed by atoms with Crippen LogP contribution in [0.2, 0.25) is 10.0 Å². The Bertz CT molecular complexity index is 2470. The highest BCUT2D eigenvalue weighted by Crippen LogP contribution is 2.35. The number of halogens is 2. The maximum Gasteiger partial charge on any atom is 0.0933 e. The summed E-state index contributed by atoms with van der Waals surface area (Å²) in [4.78, 5) is 0. The van der Waals surface area contributed by atoms with Crippen molar-refractivity contribution in [2.75, 3.05) is 0 Å². The van der Waals surface area contributed by atoms with Crippen molar-refractivity contribution in [1.29, 1.82) is 0 Å². The molecule has 2 N–H and O–H groups in total. The Balaban J connectivity index is 0.000000145. The van der Waals surface area contributed by atoms with Crippen molar-refractivity contribution in [2.24, 2.45) is 0 Å². The Hall–Kier alpha value is -5.24. The predicted molar refractivity (Wildman–Crippen MR) is 201 cm³/mol. The number of rotatable bonds is 5. The van der Waals surface area contributed by atoms with Crippen molar-refractivity contribution in [2.45, 2.75) is 25.6 Å². The lowest BCUT2D eigenvalue weighted by molar-refractivity contribution is 0.180. The third-order valence-electron chi connectivity index (χ3n) is 9.23. The van der Waals surface area contributed by atoms with Crippen LogP contribution in [0.4, 0.5) is 0 Å². The summed E-state index contributed by atoms with van der Waals surface area (Å²) in [5.74, 6) is 0. The number of pyridine rings is 2. The van der Waals surface area contributed by atoms with Crippen LogP contribution in [-0.2, 0) is 13.0 Å². The van der Waals surface area contributed by atoms with Gasteiger partial charge in [-0.15, -0.1) is 0 Å². The van der Waals surface area contributed by atoms with Crippen LogP contribution >= 0.6 is 23.2 Å². The Morgan fingerprint density at radius 3 is 1.76 bits per heavy atom. The van der Waals surface area contributed by atoms with Crippen molar-refractivity contribution in [3.05, 3.63) is 167 Å². The number of benzene rings is 4. The van der Waals surface area contributed by atoms with Gasteiger partial charge in [0.1, 0.15) is 0 Å². The molecule has 1 aliphatic rings. The molecule has 1 aliphatic carbocycles. The van der Waals surface area contributed by atoms with Gasteiger partial charge >= 0.3 is 0 Å². The zero-order valence-corrected chi connectivity index (χ0v) is 28.4. The number of aromatic nitrogens is 4. The molecule has 4 aromatic carbocycles. The lowest BCUT2D eigenvalue weighted by Crippen LogP contribution is -1.92. The molecule has 0 saturated carbocycles. The molecule has 0 radical (unpaired) electrons. The maximum atomic E-state index is 10.1. The average Bonchev–Trinajstić information content (AvgIpc) is 3.88. The molecule has 0 bridgehead atoms. The number of hydrogen-bond donors (Lipinski definition) is 2. The highest BCUT2D eigenvalue weighted by atomic mass is 35.5. The third-order valence-corrected chi connectivity index (χ3v) is 9.73. The monoisotopic (exact) mass is 694 g/mol. The minimum absolute atomic E-state index is 0.0244. The van der Waals surface area contributed by atoms with E-state index in [1.54, 1.807) is 0 Å². The molecule has 8 aromatic rings. The van der Waals surface area contributed by atoms with Crippen LogP contribution in [0.25, 0.3) is 55.8 Å². The van der Waals surface area contributed by atoms with Crippen LogP contribution < -0.4 is 0 Å². The molecule has 0 saturated heterocycles. The zero-order chi connectivity index (χ0) is 34.2. The molecule has 4 aromatic heterocycles. The van der Waals surface area contributed by atoms with Crippen LogP contribution in [0.1, 0.15) is 29.2 Å². The van der Waals surface area contributed by atoms with Gasteiger partial charge in [0, 0.05) is 33.6 Å². The Kier molecular flexibility index (Phi) is 8.69. The van der Waals surface area contributed by atoms with Crippen LogP contribution in [-0.4, -0.2) is 29.4 Å². The Morgan fingerprint density at radius 1 is 0.600 bits per heavy atom. The second kappa shape index (κ2) is 13.6. The van der Waals surface area contributed by atoms with Crippen molar-refractivity contribution in [3.63, 3.8) is 0 Å². The average molecular weight is 696 g/mol. The van der Waals surface area contributed by atoms with E-state index in [0.717, 1.165) is 84.8 Å². The van der Waals surface area contributed by atoms with Crippen LogP contribution in [0.15, 0.2) is 140 Å². The fourth-order valence-electron chi connectivity index (χ4n) is 6.56. The minimum atomic E-state index is -0.333. The summed E-state index contributed by atoms with van der Waals surface area (Å²) in [5, 5.41) is 30.4. The van der Waals surface area contributed by atoms with Gasteiger partial charge in [-0.1, -0.05) is 83.9 Å². The molecule has 4 heterocycles. The molecule has 0 fully saturated rings. The van der Waals surface area contributed by atoms with E-state index in [9.17, 15) is 10.2 Å². The van der Waals surface area contributed by atoms with Gasteiger partial charge < -0.3 is 10.2 Å². The highest BCUT2D eigenvalue weighted by molar-refractivity contribution is 6.30. The molecule has 1 unspecified atom stereocenters. The van der Waals surface area contributed by atoms with Crippen LogP contribution in [0.5, 0.6) is 0 Å². The van der Waals surface area contributed by atoms with Gasteiger partial charge in [-0.05, 0) is 119 Å². The summed E-state index contributed by atoms with van der Waals surface area (Å²) in [6.45, 7) is 0.0244. The SMILES string of the molecule is OC1CCc2ccc(-c3ccn4nc(-c5ccc(Cl)cc5)cc4c3)cc21.OCc1ccccc1-c1ccn2nc(-c3ccc(Cl)cc3)cc2c1. The first-order valence-electron chi connectivity index (χ1n) is 16.4. The zero-order valence-electron chi connectivity index (χ0n) is 26.9. The van der Waals surface area contributed by atoms with E-state index < -0.39 is 0 Å². The molecule has 50 heavy (non-hydrogen) atoms. The van der Waals surface area contributed by atoms with E-state index in [1.165, 1.54) is 5.56 Å². The van der Waals surface area contributed by atoms with Crippen molar-refractivity contribution in [3.8, 4) is 44.8 Å². The fraction of sp³-hybridized carbons (Fsp3) is 0.0952. The van der Waals surface area contributed by atoms with Gasteiger partial charge in [-0.25, -0.2) is 9.03 Å². The standard InChI is InChI=1S/C22H17ClN2O.C20H15ClN2O/c23-18-6-3-15(4-7-18)21-13-19-11-17(9-10-25(19)24-21)16-2-1-14-5-8-22(26)20(14)12-16;21-17-7-5-14(6-8-17)20-12-18-11-15(9-10-23(18)22-20)19-4-2-1-3-16(19)13-24/h1-4,6-7,9-13,22,26H,5,8H2;1-12,24H,13H2. The van der Waals surface area contributed by atoms with E-state index >= 15 is 0 Å². The molecular weight excluding hydrogens is 663 g/mol. The molecular formula is C42H32Cl2N4O2. The number of fused-ring (bicyclic) bond motifs is 3. The lowest BCUT2D eigenvalue weighted by atomic mass is 10.0. The third kappa shape index (κ3) is 6.42.